The number of halogens is 1. The number of benzene rings is 3. The largest absolute Gasteiger partial charge is 0.489 e. The van der Waals surface area contributed by atoms with Gasteiger partial charge in [0.2, 0.25) is 0 Å². The fraction of sp³-hybridized carbons (Fsp3) is 0.0455. The number of hydrogen-bond donors (Lipinski definition) is 0. The average Bonchev–Trinajstić information content (AvgIpc) is 2.98. The summed E-state index contributed by atoms with van der Waals surface area (Å²) in [4.78, 5) is 12.5. The molecule has 0 spiro atoms. The standard InChI is InChI=1S/C22H14BrNO2/c23-15-6-7-20-17(10-15)18-11-16(26-13-14-4-2-1-3-5-14)12-19-21(25)8-9-24(20)22(18)19/h1-12H,13H2. The van der Waals surface area contributed by atoms with Crippen LogP contribution < -0.4 is 10.2 Å². The maximum absolute atomic E-state index is 12.5. The van der Waals surface area contributed by atoms with Crippen molar-refractivity contribution in [3.63, 3.8) is 0 Å². The Bertz CT molecular complexity index is 1310. The van der Waals surface area contributed by atoms with Crippen LogP contribution in [0.4, 0.5) is 0 Å². The molecule has 3 nitrogen and oxygen atoms in total. The van der Waals surface area contributed by atoms with Crippen LogP contribution in [0.2, 0.25) is 0 Å². The van der Waals surface area contributed by atoms with Gasteiger partial charge in [-0.2, -0.15) is 0 Å². The fourth-order valence-corrected chi connectivity index (χ4v) is 3.89. The average molecular weight is 404 g/mol. The second-order valence-electron chi connectivity index (χ2n) is 6.35. The van der Waals surface area contributed by atoms with Crippen LogP contribution in [0.15, 0.2) is 82.2 Å². The van der Waals surface area contributed by atoms with Crippen LogP contribution in [-0.2, 0) is 6.61 Å². The highest BCUT2D eigenvalue weighted by molar-refractivity contribution is 9.10. The Balaban J connectivity index is 1.74. The van der Waals surface area contributed by atoms with Gasteiger partial charge in [-0.15, -0.1) is 0 Å². The number of rotatable bonds is 3. The first-order chi connectivity index (χ1) is 12.7. The van der Waals surface area contributed by atoms with Crippen molar-refractivity contribution < 1.29 is 4.74 Å². The van der Waals surface area contributed by atoms with Crippen LogP contribution in [-0.4, -0.2) is 4.40 Å². The van der Waals surface area contributed by atoms with Crippen molar-refractivity contribution in [1.82, 2.24) is 4.40 Å². The first-order valence-corrected chi connectivity index (χ1v) is 9.16. The van der Waals surface area contributed by atoms with Gasteiger partial charge >= 0.3 is 0 Å². The van der Waals surface area contributed by atoms with Crippen LogP contribution in [0.5, 0.6) is 5.75 Å². The first kappa shape index (κ1) is 15.4. The van der Waals surface area contributed by atoms with E-state index in [0.717, 1.165) is 31.8 Å². The highest BCUT2D eigenvalue weighted by Crippen LogP contribution is 2.35. The van der Waals surface area contributed by atoms with Crippen molar-refractivity contribution in [1.29, 1.82) is 0 Å². The van der Waals surface area contributed by atoms with E-state index in [2.05, 4.69) is 32.5 Å². The number of hydrogen-bond acceptors (Lipinski definition) is 2. The van der Waals surface area contributed by atoms with Crippen LogP contribution in [0.3, 0.4) is 0 Å². The molecular formula is C22H14BrNO2. The second kappa shape index (κ2) is 5.85. The Labute approximate surface area is 157 Å². The third-order valence-electron chi connectivity index (χ3n) is 4.72. The van der Waals surface area contributed by atoms with Gasteiger partial charge in [0.05, 0.1) is 16.4 Å². The topological polar surface area (TPSA) is 30.7 Å². The van der Waals surface area contributed by atoms with E-state index in [0.29, 0.717) is 17.7 Å². The monoisotopic (exact) mass is 403 g/mol. The predicted octanol–water partition coefficient (Wildman–Crippen LogP) is 5.39. The molecule has 0 N–H and O–H groups in total. The van der Waals surface area contributed by atoms with Crippen molar-refractivity contribution in [3.05, 3.63) is 93.2 Å². The molecule has 0 aliphatic carbocycles. The Kier molecular flexibility index (Phi) is 3.47. The normalized spacial score (nSPS) is 11.6. The van der Waals surface area contributed by atoms with Gasteiger partial charge in [0.25, 0.3) is 0 Å². The van der Waals surface area contributed by atoms with Gasteiger partial charge in [0.1, 0.15) is 12.4 Å². The van der Waals surface area contributed by atoms with Crippen molar-refractivity contribution in [3.8, 4) is 5.75 Å². The summed E-state index contributed by atoms with van der Waals surface area (Å²) in [5.74, 6) is 0.707. The molecule has 0 aliphatic rings. The Hall–Kier alpha value is -2.85. The molecule has 2 heterocycles. The molecule has 0 amide bonds. The molecule has 126 valence electrons. The van der Waals surface area contributed by atoms with Gasteiger partial charge in [0, 0.05) is 27.5 Å². The molecule has 0 saturated heterocycles. The molecule has 0 radical (unpaired) electrons. The van der Waals surface area contributed by atoms with Crippen molar-refractivity contribution >= 4 is 43.1 Å². The summed E-state index contributed by atoms with van der Waals surface area (Å²) in [6.45, 7) is 0.470. The van der Waals surface area contributed by atoms with E-state index in [1.165, 1.54) is 0 Å². The predicted molar refractivity (Wildman–Crippen MR) is 108 cm³/mol. The number of fused-ring (bicyclic) bond motifs is 3. The van der Waals surface area contributed by atoms with Gasteiger partial charge in [0.15, 0.2) is 5.43 Å². The summed E-state index contributed by atoms with van der Waals surface area (Å²) in [6.07, 6.45) is 1.85. The number of nitrogens with zero attached hydrogens (tertiary/aromatic N) is 1. The summed E-state index contributed by atoms with van der Waals surface area (Å²) in [7, 11) is 0. The van der Waals surface area contributed by atoms with Crippen LogP contribution in [0.1, 0.15) is 5.56 Å². The number of pyridine rings is 1. The molecule has 26 heavy (non-hydrogen) atoms. The SMILES string of the molecule is O=c1ccn2c3ccc(Br)cc3c3cc(OCc4ccccc4)cc1c32. The zero-order valence-corrected chi connectivity index (χ0v) is 15.4. The van der Waals surface area contributed by atoms with E-state index in [9.17, 15) is 4.79 Å². The number of aromatic nitrogens is 1. The summed E-state index contributed by atoms with van der Waals surface area (Å²) in [5, 5.41) is 2.81. The quantitative estimate of drug-likeness (QED) is 0.404. The van der Waals surface area contributed by atoms with E-state index >= 15 is 0 Å². The molecule has 0 saturated carbocycles. The van der Waals surface area contributed by atoms with Crippen molar-refractivity contribution in [2.75, 3.05) is 0 Å². The lowest BCUT2D eigenvalue weighted by molar-refractivity contribution is 0.307. The Morgan fingerprint density at radius 2 is 1.69 bits per heavy atom. The summed E-state index contributed by atoms with van der Waals surface area (Å²) in [5.41, 5.74) is 3.12. The van der Waals surface area contributed by atoms with Gasteiger partial charge < -0.3 is 9.14 Å². The minimum atomic E-state index is 0.00883. The molecular weight excluding hydrogens is 390 g/mol. The second-order valence-corrected chi connectivity index (χ2v) is 7.27. The molecule has 3 aromatic carbocycles. The third-order valence-corrected chi connectivity index (χ3v) is 5.21. The van der Waals surface area contributed by atoms with E-state index in [1.54, 1.807) is 6.07 Å². The lowest BCUT2D eigenvalue weighted by atomic mass is 10.1. The van der Waals surface area contributed by atoms with Gasteiger partial charge in [-0.3, -0.25) is 4.79 Å². The molecule has 0 atom stereocenters. The maximum Gasteiger partial charge on any atom is 0.189 e. The maximum atomic E-state index is 12.5. The Morgan fingerprint density at radius 1 is 0.885 bits per heavy atom. The van der Waals surface area contributed by atoms with Gasteiger partial charge in [-0.1, -0.05) is 46.3 Å². The zero-order chi connectivity index (χ0) is 17.7. The zero-order valence-electron chi connectivity index (χ0n) is 13.8. The van der Waals surface area contributed by atoms with Crippen LogP contribution >= 0.6 is 15.9 Å². The smallest absolute Gasteiger partial charge is 0.189 e. The molecule has 5 rings (SSSR count). The van der Waals surface area contributed by atoms with Gasteiger partial charge in [-0.25, -0.2) is 0 Å². The van der Waals surface area contributed by atoms with Crippen molar-refractivity contribution in [2.45, 2.75) is 6.61 Å². The molecule has 0 fully saturated rings. The Morgan fingerprint density at radius 3 is 2.54 bits per heavy atom. The van der Waals surface area contributed by atoms with Crippen molar-refractivity contribution in [2.24, 2.45) is 0 Å². The highest BCUT2D eigenvalue weighted by Gasteiger charge is 2.15. The minimum absolute atomic E-state index is 0.00883. The van der Waals surface area contributed by atoms with E-state index in [-0.39, 0.29) is 5.43 Å². The molecule has 0 bridgehead atoms. The lowest BCUT2D eigenvalue weighted by Crippen LogP contribution is -2.03. The minimum Gasteiger partial charge on any atom is -0.489 e. The third kappa shape index (κ3) is 2.37. The van der Waals surface area contributed by atoms with Gasteiger partial charge in [-0.05, 0) is 35.9 Å². The summed E-state index contributed by atoms with van der Waals surface area (Å²) < 4.78 is 9.09. The summed E-state index contributed by atoms with van der Waals surface area (Å²) in [6, 6.07) is 21.7. The first-order valence-electron chi connectivity index (χ1n) is 8.37. The van der Waals surface area contributed by atoms with Crippen LogP contribution in [0.25, 0.3) is 27.2 Å². The number of ether oxygens (including phenoxy) is 1. The molecule has 2 aromatic heterocycles. The molecule has 0 unspecified atom stereocenters. The molecule has 4 heteroatoms. The van der Waals surface area contributed by atoms with E-state index in [1.807, 2.05) is 54.7 Å². The van der Waals surface area contributed by atoms with E-state index in [4.69, 9.17) is 4.74 Å². The fourth-order valence-electron chi connectivity index (χ4n) is 3.53. The highest BCUT2D eigenvalue weighted by atomic mass is 79.9. The lowest BCUT2D eigenvalue weighted by Gasteiger charge is -2.08. The van der Waals surface area contributed by atoms with Crippen LogP contribution in [0, 0.1) is 0 Å². The molecule has 5 aromatic rings. The van der Waals surface area contributed by atoms with E-state index < -0.39 is 0 Å². The molecule has 0 aliphatic heterocycles. The summed E-state index contributed by atoms with van der Waals surface area (Å²) >= 11 is 3.55.